The van der Waals surface area contributed by atoms with E-state index in [0.29, 0.717) is 43.8 Å². The SMILES string of the molecule is NC(=O)C1CCN(C(=O)C2=NN(c3ccccc3)C(=O)CC2)CC1. The number of hydrogen-bond acceptors (Lipinski definition) is 4. The first kappa shape index (κ1) is 16.2. The van der Waals surface area contributed by atoms with Crippen LogP contribution in [0.25, 0.3) is 0 Å². The molecule has 7 nitrogen and oxygen atoms in total. The highest BCUT2D eigenvalue weighted by atomic mass is 16.2. The van der Waals surface area contributed by atoms with Gasteiger partial charge in [-0.3, -0.25) is 14.4 Å². The van der Waals surface area contributed by atoms with Crippen molar-refractivity contribution in [1.29, 1.82) is 0 Å². The maximum atomic E-state index is 12.7. The Morgan fingerprint density at radius 2 is 1.75 bits per heavy atom. The Hall–Kier alpha value is -2.70. The van der Waals surface area contributed by atoms with Crippen molar-refractivity contribution in [2.45, 2.75) is 25.7 Å². The lowest BCUT2D eigenvalue weighted by molar-refractivity contribution is -0.129. The zero-order valence-electron chi connectivity index (χ0n) is 13.4. The topological polar surface area (TPSA) is 96.1 Å². The molecule has 0 atom stereocenters. The van der Waals surface area contributed by atoms with E-state index in [1.165, 1.54) is 5.01 Å². The van der Waals surface area contributed by atoms with E-state index in [9.17, 15) is 14.4 Å². The Morgan fingerprint density at radius 1 is 1.08 bits per heavy atom. The minimum absolute atomic E-state index is 0.120. The summed E-state index contributed by atoms with van der Waals surface area (Å²) < 4.78 is 0. The van der Waals surface area contributed by atoms with Crippen LogP contribution in [0.3, 0.4) is 0 Å². The Morgan fingerprint density at radius 3 is 2.38 bits per heavy atom. The number of benzene rings is 1. The molecule has 1 fully saturated rings. The number of carbonyl (C=O) groups is 3. The van der Waals surface area contributed by atoms with Gasteiger partial charge in [0.15, 0.2) is 0 Å². The van der Waals surface area contributed by atoms with Gasteiger partial charge < -0.3 is 10.6 Å². The molecule has 2 heterocycles. The van der Waals surface area contributed by atoms with Crippen LogP contribution in [0.1, 0.15) is 25.7 Å². The summed E-state index contributed by atoms with van der Waals surface area (Å²) in [6, 6.07) is 9.07. The van der Waals surface area contributed by atoms with E-state index in [4.69, 9.17) is 5.73 Å². The van der Waals surface area contributed by atoms with Gasteiger partial charge >= 0.3 is 0 Å². The zero-order chi connectivity index (χ0) is 17.1. The highest BCUT2D eigenvalue weighted by Gasteiger charge is 2.31. The highest BCUT2D eigenvalue weighted by Crippen LogP contribution is 2.22. The lowest BCUT2D eigenvalue weighted by atomic mass is 9.96. The number of nitrogens with two attached hydrogens (primary N) is 1. The molecule has 1 aromatic carbocycles. The maximum Gasteiger partial charge on any atom is 0.270 e. The Labute approximate surface area is 140 Å². The maximum absolute atomic E-state index is 12.7. The number of rotatable bonds is 3. The molecule has 24 heavy (non-hydrogen) atoms. The third-order valence-corrected chi connectivity index (χ3v) is 4.46. The number of hydrogen-bond donors (Lipinski definition) is 1. The largest absolute Gasteiger partial charge is 0.369 e. The summed E-state index contributed by atoms with van der Waals surface area (Å²) in [5.41, 5.74) is 6.36. The molecule has 3 amide bonds. The molecule has 2 aliphatic rings. The van der Waals surface area contributed by atoms with Gasteiger partial charge in [-0.25, -0.2) is 5.01 Å². The molecule has 1 aromatic rings. The fourth-order valence-corrected chi connectivity index (χ4v) is 3.03. The summed E-state index contributed by atoms with van der Waals surface area (Å²) in [7, 11) is 0. The average Bonchev–Trinajstić information content (AvgIpc) is 2.62. The quantitative estimate of drug-likeness (QED) is 0.892. The van der Waals surface area contributed by atoms with Crippen molar-refractivity contribution in [3.63, 3.8) is 0 Å². The van der Waals surface area contributed by atoms with Crippen LogP contribution < -0.4 is 10.7 Å². The molecule has 0 spiro atoms. The van der Waals surface area contributed by atoms with Crippen LogP contribution >= 0.6 is 0 Å². The van der Waals surface area contributed by atoms with Gasteiger partial charge in [0.25, 0.3) is 5.91 Å². The number of amides is 3. The monoisotopic (exact) mass is 328 g/mol. The molecular weight excluding hydrogens is 308 g/mol. The molecule has 2 aliphatic heterocycles. The molecule has 0 aromatic heterocycles. The van der Waals surface area contributed by atoms with Gasteiger partial charge in [0.1, 0.15) is 5.71 Å². The summed E-state index contributed by atoms with van der Waals surface area (Å²) in [6.07, 6.45) is 1.76. The van der Waals surface area contributed by atoms with Crippen molar-refractivity contribution in [3.05, 3.63) is 30.3 Å². The van der Waals surface area contributed by atoms with E-state index in [1.54, 1.807) is 17.0 Å². The second-order valence-electron chi connectivity index (χ2n) is 6.06. The predicted octanol–water partition coefficient (Wildman–Crippen LogP) is 0.893. The van der Waals surface area contributed by atoms with Gasteiger partial charge in [-0.05, 0) is 25.0 Å². The van der Waals surface area contributed by atoms with Gasteiger partial charge in [0.2, 0.25) is 11.8 Å². The van der Waals surface area contributed by atoms with Crippen LogP contribution in [-0.4, -0.2) is 41.4 Å². The van der Waals surface area contributed by atoms with Crippen LogP contribution in [0, 0.1) is 5.92 Å². The van der Waals surface area contributed by atoms with Gasteiger partial charge in [0, 0.05) is 31.8 Å². The number of piperidine rings is 1. The van der Waals surface area contributed by atoms with Crippen LogP contribution in [0.5, 0.6) is 0 Å². The van der Waals surface area contributed by atoms with E-state index in [1.807, 2.05) is 18.2 Å². The number of likely N-dealkylation sites (tertiary alicyclic amines) is 1. The fourth-order valence-electron chi connectivity index (χ4n) is 3.03. The number of primary amides is 1. The minimum Gasteiger partial charge on any atom is -0.369 e. The van der Waals surface area contributed by atoms with E-state index >= 15 is 0 Å². The second kappa shape index (κ2) is 6.82. The molecule has 3 rings (SSSR count). The van der Waals surface area contributed by atoms with E-state index in [-0.39, 0.29) is 30.1 Å². The van der Waals surface area contributed by atoms with Crippen molar-refractivity contribution < 1.29 is 14.4 Å². The number of para-hydroxylation sites is 1. The molecule has 0 radical (unpaired) electrons. The third-order valence-electron chi connectivity index (χ3n) is 4.46. The summed E-state index contributed by atoms with van der Waals surface area (Å²) >= 11 is 0. The van der Waals surface area contributed by atoms with Gasteiger partial charge in [-0.2, -0.15) is 5.10 Å². The lowest BCUT2D eigenvalue weighted by Crippen LogP contribution is -2.46. The Kier molecular flexibility index (Phi) is 4.59. The van der Waals surface area contributed by atoms with Crippen molar-refractivity contribution >= 4 is 29.1 Å². The lowest BCUT2D eigenvalue weighted by Gasteiger charge is -2.32. The predicted molar refractivity (Wildman–Crippen MR) is 89.1 cm³/mol. The van der Waals surface area contributed by atoms with Gasteiger partial charge in [-0.15, -0.1) is 0 Å². The second-order valence-corrected chi connectivity index (χ2v) is 6.06. The molecule has 1 saturated heterocycles. The number of nitrogens with zero attached hydrogens (tertiary/aromatic N) is 3. The van der Waals surface area contributed by atoms with Crippen molar-refractivity contribution in [2.75, 3.05) is 18.1 Å². The molecule has 0 saturated carbocycles. The molecular formula is C17H20N4O3. The Bertz CT molecular complexity index is 678. The fraction of sp³-hybridized carbons (Fsp3) is 0.412. The third kappa shape index (κ3) is 3.29. The van der Waals surface area contributed by atoms with Crippen molar-refractivity contribution in [3.8, 4) is 0 Å². The molecule has 0 unspecified atom stereocenters. The van der Waals surface area contributed by atoms with Gasteiger partial charge in [-0.1, -0.05) is 18.2 Å². The molecule has 7 heteroatoms. The molecule has 0 bridgehead atoms. The number of carbonyl (C=O) groups excluding carboxylic acids is 3. The molecule has 0 aliphatic carbocycles. The average molecular weight is 328 g/mol. The molecule has 126 valence electrons. The standard InChI is InChI=1S/C17H20N4O3/c18-16(23)12-8-10-20(11-9-12)17(24)14-6-7-15(22)21(19-14)13-4-2-1-3-5-13/h1-5,12H,6-11H2,(H2,18,23). The summed E-state index contributed by atoms with van der Waals surface area (Å²) in [4.78, 5) is 37.7. The molecule has 2 N–H and O–H groups in total. The van der Waals surface area contributed by atoms with Gasteiger partial charge in [0.05, 0.1) is 5.69 Å². The van der Waals surface area contributed by atoms with Crippen molar-refractivity contribution in [2.24, 2.45) is 16.8 Å². The van der Waals surface area contributed by atoms with Crippen LogP contribution in [0.15, 0.2) is 35.4 Å². The Balaban J connectivity index is 1.73. The van der Waals surface area contributed by atoms with E-state index in [2.05, 4.69) is 5.10 Å². The van der Waals surface area contributed by atoms with Crippen molar-refractivity contribution in [1.82, 2.24) is 4.90 Å². The zero-order valence-corrected chi connectivity index (χ0v) is 13.4. The highest BCUT2D eigenvalue weighted by molar-refractivity contribution is 6.40. The van der Waals surface area contributed by atoms with Crippen LogP contribution in [0.4, 0.5) is 5.69 Å². The summed E-state index contributed by atoms with van der Waals surface area (Å²) in [5.74, 6) is -0.751. The first-order valence-corrected chi connectivity index (χ1v) is 8.10. The number of hydrazone groups is 1. The van der Waals surface area contributed by atoms with E-state index < -0.39 is 0 Å². The van der Waals surface area contributed by atoms with Crippen LogP contribution in [-0.2, 0) is 14.4 Å². The summed E-state index contributed by atoms with van der Waals surface area (Å²) in [5, 5.41) is 5.58. The first-order chi connectivity index (χ1) is 11.6. The smallest absolute Gasteiger partial charge is 0.270 e. The van der Waals surface area contributed by atoms with Crippen LogP contribution in [0.2, 0.25) is 0 Å². The number of anilines is 1. The first-order valence-electron chi connectivity index (χ1n) is 8.10. The summed E-state index contributed by atoms with van der Waals surface area (Å²) in [6.45, 7) is 0.982. The van der Waals surface area contributed by atoms with E-state index in [0.717, 1.165) is 0 Å². The normalized spacial score (nSPS) is 19.2. The minimum atomic E-state index is -0.307.